The number of hydrogen-bond acceptors (Lipinski definition) is 4. The zero-order valence-corrected chi connectivity index (χ0v) is 12.6. The van der Waals surface area contributed by atoms with Gasteiger partial charge in [-0.15, -0.1) is 0 Å². The van der Waals surface area contributed by atoms with Gasteiger partial charge in [0.25, 0.3) is 0 Å². The van der Waals surface area contributed by atoms with E-state index in [0.717, 1.165) is 18.0 Å². The highest BCUT2D eigenvalue weighted by Crippen LogP contribution is 2.28. The van der Waals surface area contributed by atoms with E-state index in [2.05, 4.69) is 10.3 Å². The first-order chi connectivity index (χ1) is 10.2. The van der Waals surface area contributed by atoms with Gasteiger partial charge in [0.2, 0.25) is 0 Å². The molecule has 0 saturated heterocycles. The Morgan fingerprint density at radius 2 is 2.14 bits per heavy atom. The quantitative estimate of drug-likeness (QED) is 0.886. The third kappa shape index (κ3) is 3.49. The summed E-state index contributed by atoms with van der Waals surface area (Å²) < 4.78 is 19.7. The van der Waals surface area contributed by atoms with Gasteiger partial charge in [0.1, 0.15) is 5.75 Å². The number of rotatable bonds is 6. The average molecular weight is 289 g/mol. The van der Waals surface area contributed by atoms with Crippen LogP contribution in [0, 0.1) is 5.82 Å². The first-order valence-corrected chi connectivity index (χ1v) is 6.89. The Morgan fingerprint density at radius 3 is 2.86 bits per heavy atom. The van der Waals surface area contributed by atoms with Crippen molar-refractivity contribution in [3.63, 3.8) is 0 Å². The lowest BCUT2D eigenvalue weighted by molar-refractivity contribution is 0.415. The molecule has 0 amide bonds. The third-order valence-electron chi connectivity index (χ3n) is 3.27. The monoisotopic (exact) mass is 289 g/mol. The van der Waals surface area contributed by atoms with Crippen molar-refractivity contribution in [2.24, 2.45) is 0 Å². The molecule has 4 nitrogen and oxygen atoms in total. The molecule has 0 radical (unpaired) electrons. The fourth-order valence-electron chi connectivity index (χ4n) is 2.04. The lowest BCUT2D eigenvalue weighted by Crippen LogP contribution is -2.17. The van der Waals surface area contributed by atoms with Gasteiger partial charge in [-0.05, 0) is 24.7 Å². The van der Waals surface area contributed by atoms with Crippen molar-refractivity contribution in [1.29, 1.82) is 0 Å². The molecule has 112 valence electrons. The zero-order chi connectivity index (χ0) is 15.2. The molecule has 2 rings (SSSR count). The summed E-state index contributed by atoms with van der Waals surface area (Å²) in [6.07, 6.45) is 1.63. The summed E-state index contributed by atoms with van der Waals surface area (Å²) in [4.78, 5) is 5.88. The Bertz CT molecular complexity index is 604. The molecule has 0 aliphatic rings. The molecular formula is C16H20FN3O. The van der Waals surface area contributed by atoms with Crippen LogP contribution >= 0.6 is 0 Å². The predicted octanol–water partition coefficient (Wildman–Crippen LogP) is 3.11. The second kappa shape index (κ2) is 7.04. The van der Waals surface area contributed by atoms with Crippen LogP contribution in [0.25, 0.3) is 0 Å². The number of hydrogen-bond donors (Lipinski definition) is 1. The Hall–Kier alpha value is -2.14. The fraction of sp³-hybridized carbons (Fsp3) is 0.312. The molecule has 0 aliphatic heterocycles. The Kier molecular flexibility index (Phi) is 5.11. The van der Waals surface area contributed by atoms with E-state index in [1.807, 2.05) is 31.2 Å². The highest BCUT2D eigenvalue weighted by molar-refractivity contribution is 5.61. The summed E-state index contributed by atoms with van der Waals surface area (Å²) in [5, 5.41) is 3.12. The molecule has 1 N–H and O–H groups in total. The molecule has 1 heterocycles. The second-order valence-corrected chi connectivity index (χ2v) is 4.65. The summed E-state index contributed by atoms with van der Waals surface area (Å²) in [6.45, 7) is 3.27. The van der Waals surface area contributed by atoms with Gasteiger partial charge in [-0.1, -0.05) is 13.0 Å². The molecule has 2 aromatic rings. The molecule has 0 saturated carbocycles. The number of anilines is 2. The SMILES string of the molecule is CCNCc1ccnc(N(C)c2cccc(OC)c2)c1F. The smallest absolute Gasteiger partial charge is 0.170 e. The van der Waals surface area contributed by atoms with E-state index < -0.39 is 0 Å². The minimum absolute atomic E-state index is 0.302. The maximum absolute atomic E-state index is 14.5. The number of pyridine rings is 1. The number of nitrogens with zero attached hydrogens (tertiary/aromatic N) is 2. The molecule has 0 fully saturated rings. The van der Waals surface area contributed by atoms with Crippen LogP contribution in [0.4, 0.5) is 15.9 Å². The first kappa shape index (κ1) is 15.3. The Morgan fingerprint density at radius 1 is 1.33 bits per heavy atom. The van der Waals surface area contributed by atoms with Gasteiger partial charge in [0, 0.05) is 37.1 Å². The van der Waals surface area contributed by atoms with Crippen LogP contribution in [0.3, 0.4) is 0 Å². The summed E-state index contributed by atoms with van der Waals surface area (Å²) in [6, 6.07) is 9.15. The highest BCUT2D eigenvalue weighted by Gasteiger charge is 2.14. The van der Waals surface area contributed by atoms with Crippen LogP contribution in [0.15, 0.2) is 36.5 Å². The molecular weight excluding hydrogens is 269 g/mol. The number of aromatic nitrogens is 1. The van der Waals surface area contributed by atoms with Gasteiger partial charge >= 0.3 is 0 Å². The molecule has 0 unspecified atom stereocenters. The average Bonchev–Trinajstić information content (AvgIpc) is 2.53. The van der Waals surface area contributed by atoms with Crippen LogP contribution < -0.4 is 15.0 Å². The van der Waals surface area contributed by atoms with Crippen molar-refractivity contribution in [1.82, 2.24) is 10.3 Å². The van der Waals surface area contributed by atoms with E-state index in [1.54, 1.807) is 31.3 Å². The van der Waals surface area contributed by atoms with Crippen LogP contribution in [0.5, 0.6) is 5.75 Å². The maximum Gasteiger partial charge on any atom is 0.170 e. The van der Waals surface area contributed by atoms with Crippen LogP contribution in [-0.2, 0) is 6.54 Å². The van der Waals surface area contributed by atoms with Crippen molar-refractivity contribution in [3.05, 3.63) is 47.9 Å². The van der Waals surface area contributed by atoms with E-state index in [1.165, 1.54) is 0 Å². The summed E-state index contributed by atoms with van der Waals surface area (Å²) in [5.74, 6) is 0.728. The van der Waals surface area contributed by atoms with Crippen LogP contribution in [0.1, 0.15) is 12.5 Å². The van der Waals surface area contributed by atoms with Gasteiger partial charge in [-0.2, -0.15) is 0 Å². The van der Waals surface area contributed by atoms with Crippen molar-refractivity contribution in [3.8, 4) is 5.75 Å². The maximum atomic E-state index is 14.5. The van der Waals surface area contributed by atoms with Gasteiger partial charge in [0.15, 0.2) is 11.6 Å². The predicted molar refractivity (Wildman–Crippen MR) is 82.6 cm³/mol. The van der Waals surface area contributed by atoms with E-state index in [-0.39, 0.29) is 5.82 Å². The number of ether oxygens (including phenoxy) is 1. The minimum atomic E-state index is -0.302. The summed E-state index contributed by atoms with van der Waals surface area (Å²) in [5.41, 5.74) is 1.43. The van der Waals surface area contributed by atoms with Crippen molar-refractivity contribution >= 4 is 11.5 Å². The number of nitrogens with one attached hydrogen (secondary N) is 1. The van der Waals surface area contributed by atoms with Crippen molar-refractivity contribution in [2.75, 3.05) is 25.6 Å². The largest absolute Gasteiger partial charge is 0.497 e. The Labute approximate surface area is 124 Å². The van der Waals surface area contributed by atoms with Crippen LogP contribution in [0.2, 0.25) is 0 Å². The zero-order valence-electron chi connectivity index (χ0n) is 12.6. The first-order valence-electron chi connectivity index (χ1n) is 6.89. The molecule has 1 aromatic carbocycles. The minimum Gasteiger partial charge on any atom is -0.497 e. The van der Waals surface area contributed by atoms with E-state index in [0.29, 0.717) is 17.9 Å². The molecule has 0 spiro atoms. The standard InChI is InChI=1S/C16H20FN3O/c1-4-18-11-12-8-9-19-16(15(12)17)20(2)13-6-5-7-14(10-13)21-3/h5-10,18H,4,11H2,1-3H3. The topological polar surface area (TPSA) is 37.4 Å². The molecule has 0 aliphatic carbocycles. The lowest BCUT2D eigenvalue weighted by Gasteiger charge is -2.20. The molecule has 1 aromatic heterocycles. The molecule has 0 atom stereocenters. The van der Waals surface area contributed by atoms with Crippen LogP contribution in [-0.4, -0.2) is 25.7 Å². The van der Waals surface area contributed by atoms with E-state index in [4.69, 9.17) is 4.74 Å². The van der Waals surface area contributed by atoms with Crippen molar-refractivity contribution < 1.29 is 9.13 Å². The van der Waals surface area contributed by atoms with Gasteiger partial charge in [-0.3, -0.25) is 0 Å². The van der Waals surface area contributed by atoms with Gasteiger partial charge in [0.05, 0.1) is 7.11 Å². The summed E-state index contributed by atoms with van der Waals surface area (Å²) in [7, 11) is 3.40. The van der Waals surface area contributed by atoms with Gasteiger partial charge in [-0.25, -0.2) is 9.37 Å². The third-order valence-corrected chi connectivity index (χ3v) is 3.27. The number of methoxy groups -OCH3 is 1. The van der Waals surface area contributed by atoms with E-state index in [9.17, 15) is 4.39 Å². The molecule has 21 heavy (non-hydrogen) atoms. The fourth-order valence-corrected chi connectivity index (χ4v) is 2.04. The lowest BCUT2D eigenvalue weighted by atomic mass is 10.2. The van der Waals surface area contributed by atoms with E-state index >= 15 is 0 Å². The summed E-state index contributed by atoms with van der Waals surface area (Å²) >= 11 is 0. The highest BCUT2D eigenvalue weighted by atomic mass is 19.1. The number of benzene rings is 1. The number of halogens is 1. The Balaban J connectivity index is 2.31. The normalized spacial score (nSPS) is 10.5. The molecule has 0 bridgehead atoms. The second-order valence-electron chi connectivity index (χ2n) is 4.65. The van der Waals surface area contributed by atoms with Gasteiger partial charge < -0.3 is 15.0 Å². The van der Waals surface area contributed by atoms with Crippen molar-refractivity contribution in [2.45, 2.75) is 13.5 Å². The molecule has 5 heteroatoms.